The molecule has 0 aromatic heterocycles. The first-order valence-corrected chi connectivity index (χ1v) is 6.29. The summed E-state index contributed by atoms with van der Waals surface area (Å²) in [6.45, 7) is 1.65. The molecule has 1 aliphatic heterocycles. The Kier molecular flexibility index (Phi) is 4.88. The van der Waals surface area contributed by atoms with Gasteiger partial charge >= 0.3 is 0 Å². The second-order valence-electron chi connectivity index (χ2n) is 4.95. The Morgan fingerprint density at radius 3 is 2.76 bits per heavy atom. The lowest BCUT2D eigenvalue weighted by Gasteiger charge is -2.38. The molecule has 1 amide bonds. The fourth-order valence-corrected chi connectivity index (χ4v) is 2.05. The van der Waals surface area contributed by atoms with Gasteiger partial charge in [0.05, 0.1) is 0 Å². The summed E-state index contributed by atoms with van der Waals surface area (Å²) in [6, 6.07) is 0. The highest BCUT2D eigenvalue weighted by Crippen LogP contribution is 2.30. The van der Waals surface area contributed by atoms with Gasteiger partial charge in [-0.15, -0.1) is 12.3 Å². The topological polar surface area (TPSA) is 40.5 Å². The molecule has 0 saturated carbocycles. The largest absolute Gasteiger partial charge is 0.396 e. The van der Waals surface area contributed by atoms with Crippen LogP contribution in [0.1, 0.15) is 46.8 Å². The molecular formula is C14H23NO2. The van der Waals surface area contributed by atoms with Gasteiger partial charge < -0.3 is 10.0 Å². The van der Waals surface area contributed by atoms with Crippen LogP contribution in [-0.4, -0.2) is 35.6 Å². The van der Waals surface area contributed by atoms with Crippen molar-refractivity contribution in [3.05, 3.63) is 0 Å². The Bertz CT molecular complexity index is 297. The van der Waals surface area contributed by atoms with Crippen LogP contribution in [0.3, 0.4) is 0 Å². The van der Waals surface area contributed by atoms with Gasteiger partial charge in [-0.3, -0.25) is 4.79 Å². The average Bonchev–Trinajstić information content (AvgIpc) is 2.43. The Hall–Kier alpha value is -1.01. The molecular weight excluding hydrogens is 214 g/mol. The fourth-order valence-electron chi connectivity index (χ4n) is 2.05. The van der Waals surface area contributed by atoms with Crippen molar-refractivity contribution in [2.75, 3.05) is 19.7 Å². The summed E-state index contributed by atoms with van der Waals surface area (Å²) in [5, 5.41) is 9.32. The summed E-state index contributed by atoms with van der Waals surface area (Å²) in [6.07, 6.45) is 9.70. The molecule has 17 heavy (non-hydrogen) atoms. The normalized spacial score (nSPS) is 19.5. The van der Waals surface area contributed by atoms with E-state index in [0.29, 0.717) is 19.5 Å². The van der Waals surface area contributed by atoms with Crippen molar-refractivity contribution in [3.63, 3.8) is 0 Å². The van der Waals surface area contributed by atoms with Gasteiger partial charge in [-0.1, -0.05) is 6.90 Å². The minimum atomic E-state index is -0.278. The number of hydrogen-bond acceptors (Lipinski definition) is 2. The van der Waals surface area contributed by atoms with Crippen LogP contribution in [0.2, 0.25) is 0 Å². The van der Waals surface area contributed by atoms with E-state index in [4.69, 9.17) is 7.79 Å². The molecule has 1 aliphatic rings. The van der Waals surface area contributed by atoms with Gasteiger partial charge in [0.1, 0.15) is 0 Å². The molecule has 1 fully saturated rings. The van der Waals surface area contributed by atoms with Crippen LogP contribution >= 0.6 is 0 Å². The van der Waals surface area contributed by atoms with Crippen LogP contribution in [-0.2, 0) is 4.79 Å². The number of carbonyl (C=O) groups excluding carboxylic acids is 1. The van der Waals surface area contributed by atoms with Crippen molar-refractivity contribution in [1.29, 1.82) is 0 Å². The molecule has 0 aliphatic carbocycles. The minimum Gasteiger partial charge on any atom is -0.396 e. The molecule has 0 aromatic carbocycles. The number of unbranched alkanes of at least 4 members (excludes halogenated alkanes) is 2. The van der Waals surface area contributed by atoms with E-state index in [-0.39, 0.29) is 24.8 Å². The van der Waals surface area contributed by atoms with E-state index >= 15 is 0 Å². The molecule has 0 atom stereocenters. The number of amides is 1. The number of carbonyl (C=O) groups is 1. The molecule has 3 heteroatoms. The summed E-state index contributed by atoms with van der Waals surface area (Å²) in [7, 11) is 0. The lowest BCUT2D eigenvalue weighted by atomic mass is 9.81. The van der Waals surface area contributed by atoms with Crippen molar-refractivity contribution in [3.8, 4) is 12.3 Å². The number of terminal acetylenes is 1. The van der Waals surface area contributed by atoms with Crippen LogP contribution in [0.5, 0.6) is 0 Å². The number of piperidine rings is 1. The van der Waals surface area contributed by atoms with E-state index in [1.807, 2.05) is 4.90 Å². The third-order valence-corrected chi connectivity index (χ3v) is 3.47. The molecule has 0 bridgehead atoms. The lowest BCUT2D eigenvalue weighted by molar-refractivity contribution is -0.133. The quantitative estimate of drug-likeness (QED) is 0.587. The zero-order valence-corrected chi connectivity index (χ0v) is 10.5. The van der Waals surface area contributed by atoms with Crippen molar-refractivity contribution >= 4 is 5.91 Å². The van der Waals surface area contributed by atoms with Gasteiger partial charge in [0.15, 0.2) is 0 Å². The Balaban J connectivity index is 2.30. The lowest BCUT2D eigenvalue weighted by Crippen LogP contribution is -2.43. The Morgan fingerprint density at radius 2 is 2.24 bits per heavy atom. The van der Waals surface area contributed by atoms with Crippen molar-refractivity contribution in [2.24, 2.45) is 5.41 Å². The van der Waals surface area contributed by atoms with Crippen molar-refractivity contribution in [2.45, 2.75) is 45.4 Å². The molecule has 0 aromatic rings. The molecule has 0 spiro atoms. The van der Waals surface area contributed by atoms with E-state index in [2.05, 4.69) is 5.92 Å². The number of likely N-dealkylation sites (tertiary alicyclic amines) is 1. The number of aliphatic hydroxyl groups is 1. The minimum absolute atomic E-state index is 0.0562. The number of nitrogens with zero attached hydrogens (tertiary/aromatic N) is 1. The van der Waals surface area contributed by atoms with Crippen LogP contribution in [0, 0.1) is 17.8 Å². The fraction of sp³-hybridized carbons (Fsp3) is 0.786. The molecule has 3 nitrogen and oxygen atoms in total. The highest BCUT2D eigenvalue weighted by Gasteiger charge is 2.30. The van der Waals surface area contributed by atoms with Gasteiger partial charge in [-0.05, 0) is 31.1 Å². The highest BCUT2D eigenvalue weighted by molar-refractivity contribution is 5.76. The van der Waals surface area contributed by atoms with E-state index in [9.17, 15) is 9.90 Å². The monoisotopic (exact) mass is 239 g/mol. The SMILES string of the molecule is [3H]CC1(CO)CCN(C(=O)CCCCC#C)CC1. The summed E-state index contributed by atoms with van der Waals surface area (Å²) < 4.78 is 7.49. The van der Waals surface area contributed by atoms with Crippen molar-refractivity contribution < 1.29 is 11.3 Å². The summed E-state index contributed by atoms with van der Waals surface area (Å²) >= 11 is 0. The number of rotatable bonds is 5. The third kappa shape index (κ3) is 4.40. The summed E-state index contributed by atoms with van der Waals surface area (Å²) in [5.74, 6) is 2.76. The van der Waals surface area contributed by atoms with Gasteiger partial charge in [0.2, 0.25) is 5.91 Å². The zero-order valence-electron chi connectivity index (χ0n) is 11.5. The maximum atomic E-state index is 11.9. The standard InChI is InChI=1S/C14H23NO2/c1-3-4-5-6-7-13(17)15-10-8-14(2,12-16)9-11-15/h1,16H,4-12H2,2H3/i2T. The number of aliphatic hydroxyl groups excluding tert-OH is 1. The van der Waals surface area contributed by atoms with Gasteiger partial charge in [-0.25, -0.2) is 0 Å². The summed E-state index contributed by atoms with van der Waals surface area (Å²) in [5.41, 5.74) is -0.278. The Labute approximate surface area is 106 Å². The second-order valence-corrected chi connectivity index (χ2v) is 4.95. The molecule has 96 valence electrons. The van der Waals surface area contributed by atoms with Crippen LogP contribution in [0.25, 0.3) is 0 Å². The molecule has 1 heterocycles. The smallest absolute Gasteiger partial charge is 0.222 e. The summed E-state index contributed by atoms with van der Waals surface area (Å²) in [4.78, 5) is 13.8. The Morgan fingerprint density at radius 1 is 1.53 bits per heavy atom. The highest BCUT2D eigenvalue weighted by atomic mass is 16.3. The maximum Gasteiger partial charge on any atom is 0.222 e. The van der Waals surface area contributed by atoms with E-state index in [1.54, 1.807) is 0 Å². The van der Waals surface area contributed by atoms with Gasteiger partial charge in [0.25, 0.3) is 0 Å². The predicted octanol–water partition coefficient (Wildman–Crippen LogP) is 1.80. The average molecular weight is 239 g/mol. The third-order valence-electron chi connectivity index (χ3n) is 3.47. The molecule has 0 unspecified atom stereocenters. The van der Waals surface area contributed by atoms with E-state index in [0.717, 1.165) is 32.1 Å². The first-order valence-electron chi connectivity index (χ1n) is 6.99. The maximum absolute atomic E-state index is 11.9. The van der Waals surface area contributed by atoms with Crippen molar-refractivity contribution in [1.82, 2.24) is 4.90 Å². The van der Waals surface area contributed by atoms with Gasteiger partial charge in [-0.2, -0.15) is 0 Å². The van der Waals surface area contributed by atoms with Gasteiger partial charge in [0, 0.05) is 33.9 Å². The van der Waals surface area contributed by atoms with E-state index in [1.165, 1.54) is 0 Å². The first-order chi connectivity index (χ1) is 8.67. The van der Waals surface area contributed by atoms with E-state index < -0.39 is 0 Å². The van der Waals surface area contributed by atoms with Crippen LogP contribution in [0.4, 0.5) is 0 Å². The van der Waals surface area contributed by atoms with Crippen LogP contribution < -0.4 is 0 Å². The molecule has 1 rings (SSSR count). The zero-order chi connectivity index (χ0) is 13.4. The predicted molar refractivity (Wildman–Crippen MR) is 68.3 cm³/mol. The number of hydrogen-bond donors (Lipinski definition) is 1. The first kappa shape index (κ1) is 12.4. The molecule has 0 radical (unpaired) electrons. The molecule has 1 saturated heterocycles. The van der Waals surface area contributed by atoms with Crippen LogP contribution in [0.15, 0.2) is 0 Å². The second kappa shape index (κ2) is 6.66. The molecule has 1 N–H and O–H groups in total.